The van der Waals surface area contributed by atoms with Crippen molar-refractivity contribution >= 4 is 12.0 Å². The van der Waals surface area contributed by atoms with Crippen molar-refractivity contribution in [2.75, 3.05) is 55.4 Å². The third-order valence-corrected chi connectivity index (χ3v) is 9.20. The third kappa shape index (κ3) is 9.11. The zero-order chi connectivity index (χ0) is 39.6. The van der Waals surface area contributed by atoms with E-state index in [9.17, 15) is 30.3 Å². The molecule has 0 aliphatic carbocycles. The van der Waals surface area contributed by atoms with Gasteiger partial charge in [0, 0.05) is 17.2 Å². The Bertz CT molecular complexity index is 1950. The highest BCUT2D eigenvalue weighted by Gasteiger charge is 2.39. The fourth-order valence-electron chi connectivity index (χ4n) is 6.33. The second kappa shape index (κ2) is 18.5. The predicted molar refractivity (Wildman–Crippen MR) is 200 cm³/mol. The van der Waals surface area contributed by atoms with Crippen LogP contribution in [0.1, 0.15) is 52.4 Å². The molecule has 4 aromatic carbocycles. The van der Waals surface area contributed by atoms with Gasteiger partial charge in [-0.25, -0.2) is 4.79 Å². The van der Waals surface area contributed by atoms with Crippen molar-refractivity contribution in [3.05, 3.63) is 94.6 Å². The van der Waals surface area contributed by atoms with Gasteiger partial charge in [0.15, 0.2) is 52.1 Å². The first-order valence-corrected chi connectivity index (χ1v) is 17.4. The molecule has 4 atom stereocenters. The van der Waals surface area contributed by atoms with Crippen LogP contribution in [0.5, 0.6) is 51.7 Å². The summed E-state index contributed by atoms with van der Waals surface area (Å²) < 4.78 is 45.3. The molecule has 0 spiro atoms. The second-order valence-electron chi connectivity index (χ2n) is 12.5. The molecule has 294 valence electrons. The van der Waals surface area contributed by atoms with Crippen LogP contribution in [0, 0.1) is 0 Å². The number of carbonyl (C=O) groups is 1. The molecule has 1 aliphatic rings. The van der Waals surface area contributed by atoms with E-state index in [4.69, 9.17) is 37.9 Å². The number of ether oxygens (including phenoxy) is 8. The summed E-state index contributed by atoms with van der Waals surface area (Å²) in [7, 11) is 7.22. The Hall–Kier alpha value is -5.83. The lowest BCUT2D eigenvalue weighted by molar-refractivity contribution is -0.137. The lowest BCUT2D eigenvalue weighted by Gasteiger charge is -2.26. The van der Waals surface area contributed by atoms with Crippen LogP contribution < -0.4 is 33.2 Å². The molecule has 0 bridgehead atoms. The number of methoxy groups -OCH3 is 5. The molecule has 0 amide bonds. The van der Waals surface area contributed by atoms with E-state index in [1.54, 1.807) is 30.3 Å². The first kappa shape index (κ1) is 40.4. The Labute approximate surface area is 318 Å². The van der Waals surface area contributed by atoms with Crippen molar-refractivity contribution in [3.8, 4) is 51.7 Å². The summed E-state index contributed by atoms with van der Waals surface area (Å²) in [6.07, 6.45) is 0.750. The maximum Gasteiger partial charge on any atom is 0.330 e. The third-order valence-electron chi connectivity index (χ3n) is 9.20. The Balaban J connectivity index is 1.30. The van der Waals surface area contributed by atoms with Crippen LogP contribution in [0.4, 0.5) is 0 Å². The number of aryl methyl sites for hydroxylation is 1. The van der Waals surface area contributed by atoms with Crippen LogP contribution >= 0.6 is 0 Å². The summed E-state index contributed by atoms with van der Waals surface area (Å²) in [6.45, 7) is -0.682. The van der Waals surface area contributed by atoms with E-state index >= 15 is 0 Å². The first-order valence-electron chi connectivity index (χ1n) is 17.4. The summed E-state index contributed by atoms with van der Waals surface area (Å²) in [5.74, 6) is 0.813. The van der Waals surface area contributed by atoms with Gasteiger partial charge in [0.05, 0.1) is 61.3 Å². The number of hydrogen-bond acceptors (Lipinski definition) is 14. The molecule has 0 fully saturated rings. The van der Waals surface area contributed by atoms with E-state index in [0.29, 0.717) is 46.8 Å². The quantitative estimate of drug-likeness (QED) is 0.0516. The highest BCUT2D eigenvalue weighted by molar-refractivity contribution is 5.87. The number of aromatic hydroxyl groups is 2. The van der Waals surface area contributed by atoms with E-state index in [2.05, 4.69) is 0 Å². The summed E-state index contributed by atoms with van der Waals surface area (Å²) in [5.41, 5.74) is 3.21. The Morgan fingerprint density at radius 1 is 0.800 bits per heavy atom. The smallest absolute Gasteiger partial charge is 0.330 e. The topological polar surface area (TPSA) is 192 Å². The summed E-state index contributed by atoms with van der Waals surface area (Å²) in [5, 5.41) is 51.8. The van der Waals surface area contributed by atoms with Crippen molar-refractivity contribution in [1.29, 1.82) is 0 Å². The van der Waals surface area contributed by atoms with Crippen molar-refractivity contribution in [1.82, 2.24) is 0 Å². The highest BCUT2D eigenvalue weighted by Crippen LogP contribution is 2.53. The maximum absolute atomic E-state index is 12.3. The average Bonchev–Trinajstić information content (AvgIpc) is 3.59. The number of carbonyl (C=O) groups excluding carboxylic acids is 1. The lowest BCUT2D eigenvalue weighted by atomic mass is 9.90. The predicted octanol–water partition coefficient (Wildman–Crippen LogP) is 5.01. The molecule has 5 N–H and O–H groups in total. The van der Waals surface area contributed by atoms with Crippen LogP contribution in [0.25, 0.3) is 6.08 Å². The molecule has 0 saturated heterocycles. The molecule has 0 unspecified atom stereocenters. The van der Waals surface area contributed by atoms with E-state index in [-0.39, 0.29) is 47.7 Å². The average molecular weight is 763 g/mol. The number of hydrogen-bond donors (Lipinski definition) is 5. The van der Waals surface area contributed by atoms with Crippen LogP contribution in [0.2, 0.25) is 0 Å². The maximum atomic E-state index is 12.3. The zero-order valence-electron chi connectivity index (χ0n) is 31.2. The molecule has 14 heteroatoms. The van der Waals surface area contributed by atoms with Gasteiger partial charge in [-0.15, -0.1) is 0 Å². The molecular weight excluding hydrogens is 716 g/mol. The van der Waals surface area contributed by atoms with Crippen LogP contribution in [0.15, 0.2) is 66.7 Å². The summed E-state index contributed by atoms with van der Waals surface area (Å²) >= 11 is 0. The van der Waals surface area contributed by atoms with Crippen molar-refractivity contribution in [2.45, 2.75) is 37.1 Å². The van der Waals surface area contributed by atoms with Crippen LogP contribution in [-0.4, -0.2) is 93.0 Å². The minimum Gasteiger partial charge on any atom is -0.504 e. The molecule has 5 rings (SSSR count). The summed E-state index contributed by atoms with van der Waals surface area (Å²) in [6, 6.07) is 16.2. The number of benzene rings is 4. The number of phenols is 2. The molecule has 0 radical (unpaired) electrons. The minimum absolute atomic E-state index is 0.000530. The molecule has 4 aromatic rings. The normalized spacial score (nSPS) is 15.8. The number of aliphatic hydroxyl groups is 3. The molecular formula is C41H46O14. The number of aliphatic hydroxyl groups excluding tert-OH is 3. The SMILES string of the molecule is COc1cc(/C=C/C(=O)OCCCc2cc(OC)c3c(c2)[C@@H](CO)[C@H](c2cc(OC)c(O[C@H](CO)[C@H](O)c4ccc(O)c(OC)c4)c(OC)c2)O3)ccc1O. The molecule has 0 saturated carbocycles. The first-order chi connectivity index (χ1) is 26.6. The van der Waals surface area contributed by atoms with Gasteiger partial charge in [-0.05, 0) is 78.1 Å². The fraction of sp³-hybridized carbons (Fsp3) is 0.341. The standard InChI is InChI=1S/C41H46O14/c1-48-31-16-23(8-11-29(31)44)9-13-37(46)53-14-6-7-24-15-27-28(21-42)39(55-40(27)33(17-24)50-3)26-19-34(51-4)41(35(20-26)52-5)54-36(22-43)38(47)25-10-12-30(45)32(18-25)49-2/h8-13,15-20,28,36,38-39,42-45,47H,6-7,14,21-22H2,1-5H3/b13-9+/t28-,36-,38-,39+/m1/s1. The number of fused-ring (bicyclic) bond motifs is 1. The van der Waals surface area contributed by atoms with Gasteiger partial charge in [-0.3, -0.25) is 0 Å². The van der Waals surface area contributed by atoms with E-state index in [1.165, 1.54) is 65.9 Å². The Morgan fingerprint density at radius 3 is 2.05 bits per heavy atom. The highest BCUT2D eigenvalue weighted by atomic mass is 16.6. The monoisotopic (exact) mass is 762 g/mol. The minimum atomic E-state index is -1.33. The second-order valence-corrected chi connectivity index (χ2v) is 12.5. The van der Waals surface area contributed by atoms with Gasteiger partial charge >= 0.3 is 5.97 Å². The molecule has 0 aromatic heterocycles. The molecule has 14 nitrogen and oxygen atoms in total. The molecule has 1 heterocycles. The van der Waals surface area contributed by atoms with Crippen LogP contribution in [-0.2, 0) is 16.0 Å². The van der Waals surface area contributed by atoms with Gasteiger partial charge < -0.3 is 63.4 Å². The van der Waals surface area contributed by atoms with Gasteiger partial charge in [0.2, 0.25) is 5.75 Å². The Kier molecular flexibility index (Phi) is 13.6. The number of phenolic OH excluding ortho intramolecular Hbond substituents is 2. The fourth-order valence-corrected chi connectivity index (χ4v) is 6.33. The molecule has 1 aliphatic heterocycles. The van der Waals surface area contributed by atoms with Crippen LogP contribution in [0.3, 0.4) is 0 Å². The lowest BCUT2D eigenvalue weighted by Crippen LogP contribution is -2.29. The van der Waals surface area contributed by atoms with E-state index < -0.39 is 36.8 Å². The zero-order valence-corrected chi connectivity index (χ0v) is 31.2. The Morgan fingerprint density at radius 2 is 1.44 bits per heavy atom. The largest absolute Gasteiger partial charge is 0.504 e. The van der Waals surface area contributed by atoms with Gasteiger partial charge in [0.25, 0.3) is 0 Å². The number of rotatable bonds is 18. The van der Waals surface area contributed by atoms with E-state index in [1.807, 2.05) is 12.1 Å². The number of esters is 1. The van der Waals surface area contributed by atoms with E-state index in [0.717, 1.165) is 11.1 Å². The van der Waals surface area contributed by atoms with Crippen molar-refractivity contribution in [3.63, 3.8) is 0 Å². The van der Waals surface area contributed by atoms with Crippen molar-refractivity contribution in [2.24, 2.45) is 0 Å². The van der Waals surface area contributed by atoms with Gasteiger partial charge in [-0.2, -0.15) is 0 Å². The summed E-state index contributed by atoms with van der Waals surface area (Å²) in [4.78, 5) is 12.3. The molecule has 55 heavy (non-hydrogen) atoms. The van der Waals surface area contributed by atoms with Crippen molar-refractivity contribution < 1.29 is 68.2 Å². The van der Waals surface area contributed by atoms with Gasteiger partial charge in [0.1, 0.15) is 12.2 Å². The van der Waals surface area contributed by atoms with Gasteiger partial charge in [-0.1, -0.05) is 18.2 Å².